The summed E-state index contributed by atoms with van der Waals surface area (Å²) in [4.78, 5) is 0. The van der Waals surface area contributed by atoms with Crippen molar-refractivity contribution in [1.82, 2.24) is 4.57 Å². The fourth-order valence-corrected chi connectivity index (χ4v) is 2.22. The van der Waals surface area contributed by atoms with Gasteiger partial charge >= 0.3 is 0 Å². The van der Waals surface area contributed by atoms with Crippen LogP contribution >= 0.6 is 0 Å². The molecule has 90 valence electrons. The molecule has 0 N–H and O–H groups in total. The van der Waals surface area contributed by atoms with E-state index in [1.807, 2.05) is 37.3 Å². The normalized spacial score (nSPS) is 10.8. The van der Waals surface area contributed by atoms with Crippen LogP contribution in [0.2, 0.25) is 0 Å². The topological polar surface area (TPSA) is 18.1 Å². The Morgan fingerprint density at radius 2 is 1.61 bits per heavy atom. The average Bonchev–Trinajstić information content (AvgIpc) is 2.96. The monoisotopic (exact) mass is 237 g/mol. The van der Waals surface area contributed by atoms with E-state index in [0.29, 0.717) is 0 Å². The van der Waals surface area contributed by atoms with E-state index in [9.17, 15) is 0 Å². The average molecular weight is 237 g/mol. The van der Waals surface area contributed by atoms with Crippen molar-refractivity contribution in [1.29, 1.82) is 0 Å². The largest absolute Gasteiger partial charge is 0.460 e. The van der Waals surface area contributed by atoms with E-state index in [1.54, 1.807) is 0 Å². The molecule has 0 unspecified atom stereocenters. The van der Waals surface area contributed by atoms with Crippen LogP contribution in [0.5, 0.6) is 0 Å². The van der Waals surface area contributed by atoms with Crippen molar-refractivity contribution in [3.63, 3.8) is 0 Å². The van der Waals surface area contributed by atoms with Crippen LogP contribution < -0.4 is 0 Å². The van der Waals surface area contributed by atoms with Gasteiger partial charge in [-0.3, -0.25) is 0 Å². The van der Waals surface area contributed by atoms with Crippen molar-refractivity contribution < 1.29 is 4.42 Å². The van der Waals surface area contributed by atoms with Gasteiger partial charge < -0.3 is 8.98 Å². The molecule has 0 saturated heterocycles. The first-order valence-corrected chi connectivity index (χ1v) is 6.06. The number of hydrogen-bond acceptors (Lipinski definition) is 1. The zero-order chi connectivity index (χ0) is 12.5. The summed E-state index contributed by atoms with van der Waals surface area (Å²) in [6.07, 6.45) is 0. The van der Waals surface area contributed by atoms with E-state index >= 15 is 0 Å². The molecule has 1 aromatic carbocycles. The van der Waals surface area contributed by atoms with Gasteiger partial charge in [0.05, 0.1) is 5.69 Å². The van der Waals surface area contributed by atoms with Crippen LogP contribution in [0.1, 0.15) is 11.5 Å². The van der Waals surface area contributed by atoms with Crippen molar-refractivity contribution >= 4 is 0 Å². The molecule has 0 amide bonds. The predicted octanol–water partition coefficient (Wildman–Crippen LogP) is 4.35. The highest BCUT2D eigenvalue weighted by molar-refractivity contribution is 5.59. The number of rotatable bonds is 2. The molecule has 3 rings (SSSR count). The Morgan fingerprint density at radius 1 is 0.833 bits per heavy atom. The molecule has 0 bridgehead atoms. The smallest absolute Gasteiger partial charge is 0.151 e. The Hall–Kier alpha value is -2.22. The van der Waals surface area contributed by atoms with Gasteiger partial charge in [-0.2, -0.15) is 0 Å². The quantitative estimate of drug-likeness (QED) is 0.647. The molecule has 2 nitrogen and oxygen atoms in total. The SMILES string of the molecule is Cc1ccc(-c2ccc(C)n2-c2ccccc2)o1. The fourth-order valence-electron chi connectivity index (χ4n) is 2.22. The van der Waals surface area contributed by atoms with Crippen molar-refractivity contribution in [2.45, 2.75) is 13.8 Å². The number of furan rings is 1. The third-order valence-corrected chi connectivity index (χ3v) is 3.08. The van der Waals surface area contributed by atoms with Crippen molar-refractivity contribution in [3.05, 3.63) is 66.1 Å². The number of benzene rings is 1. The Morgan fingerprint density at radius 3 is 2.28 bits per heavy atom. The molecule has 0 atom stereocenters. The molecule has 0 aliphatic rings. The number of aromatic nitrogens is 1. The predicted molar refractivity (Wildman–Crippen MR) is 72.9 cm³/mol. The van der Waals surface area contributed by atoms with Crippen molar-refractivity contribution in [2.24, 2.45) is 0 Å². The molecule has 2 heteroatoms. The van der Waals surface area contributed by atoms with E-state index < -0.39 is 0 Å². The Labute approximate surface area is 106 Å². The minimum atomic E-state index is 0.907. The molecule has 2 heterocycles. The zero-order valence-corrected chi connectivity index (χ0v) is 10.6. The lowest BCUT2D eigenvalue weighted by Gasteiger charge is -2.10. The van der Waals surface area contributed by atoms with Crippen molar-refractivity contribution in [3.8, 4) is 17.1 Å². The summed E-state index contributed by atoms with van der Waals surface area (Å²) in [5.41, 5.74) is 3.45. The van der Waals surface area contributed by atoms with Gasteiger partial charge in [0, 0.05) is 11.4 Å². The maximum Gasteiger partial charge on any atom is 0.151 e. The van der Waals surface area contributed by atoms with Gasteiger partial charge in [0.15, 0.2) is 5.76 Å². The Bertz CT molecular complexity index is 661. The van der Waals surface area contributed by atoms with Gasteiger partial charge in [0.1, 0.15) is 5.76 Å². The highest BCUT2D eigenvalue weighted by Crippen LogP contribution is 2.27. The third-order valence-electron chi connectivity index (χ3n) is 3.08. The second-order valence-corrected chi connectivity index (χ2v) is 4.44. The minimum absolute atomic E-state index is 0.907. The van der Waals surface area contributed by atoms with Crippen LogP contribution in [0.3, 0.4) is 0 Å². The molecule has 0 saturated carbocycles. The standard InChI is InChI=1S/C16H15NO/c1-12-8-10-15(16-11-9-13(2)18-16)17(12)14-6-4-3-5-7-14/h3-11H,1-2H3. The molecule has 2 aromatic heterocycles. The summed E-state index contributed by atoms with van der Waals surface area (Å²) < 4.78 is 7.93. The maximum atomic E-state index is 5.72. The van der Waals surface area contributed by atoms with E-state index in [1.165, 1.54) is 5.69 Å². The van der Waals surface area contributed by atoms with Crippen LogP contribution in [-0.4, -0.2) is 4.57 Å². The van der Waals surface area contributed by atoms with E-state index in [-0.39, 0.29) is 0 Å². The Balaban J connectivity index is 2.18. The van der Waals surface area contributed by atoms with Crippen LogP contribution in [0, 0.1) is 13.8 Å². The first-order chi connectivity index (χ1) is 8.75. The summed E-state index contributed by atoms with van der Waals surface area (Å²) >= 11 is 0. The molecular formula is C16H15NO. The first kappa shape index (κ1) is 10.9. The fraction of sp³-hybridized carbons (Fsp3) is 0.125. The number of nitrogens with zero attached hydrogens (tertiary/aromatic N) is 1. The van der Waals surface area contributed by atoms with Crippen molar-refractivity contribution in [2.75, 3.05) is 0 Å². The van der Waals surface area contributed by atoms with Gasteiger partial charge in [-0.25, -0.2) is 0 Å². The second kappa shape index (κ2) is 4.22. The van der Waals surface area contributed by atoms with Crippen LogP contribution in [-0.2, 0) is 0 Å². The lowest BCUT2D eigenvalue weighted by Crippen LogP contribution is -1.97. The zero-order valence-electron chi connectivity index (χ0n) is 10.6. The summed E-state index contributed by atoms with van der Waals surface area (Å²) in [5, 5.41) is 0. The van der Waals surface area contributed by atoms with Gasteiger partial charge in [0.2, 0.25) is 0 Å². The molecular weight excluding hydrogens is 222 g/mol. The van der Waals surface area contributed by atoms with Gasteiger partial charge in [-0.15, -0.1) is 0 Å². The summed E-state index contributed by atoms with van der Waals surface area (Å²) in [7, 11) is 0. The first-order valence-electron chi connectivity index (χ1n) is 6.06. The number of para-hydroxylation sites is 1. The summed E-state index contributed by atoms with van der Waals surface area (Å²) in [6, 6.07) is 18.5. The maximum absolute atomic E-state index is 5.72. The second-order valence-electron chi connectivity index (χ2n) is 4.44. The van der Waals surface area contributed by atoms with Crippen LogP contribution in [0.15, 0.2) is 59.0 Å². The minimum Gasteiger partial charge on any atom is -0.460 e. The number of aryl methyl sites for hydroxylation is 2. The lowest BCUT2D eigenvalue weighted by atomic mass is 10.3. The van der Waals surface area contributed by atoms with E-state index in [4.69, 9.17) is 4.42 Å². The molecule has 0 aliphatic heterocycles. The summed E-state index contributed by atoms with van der Waals surface area (Å²) in [6.45, 7) is 4.07. The molecule has 0 aliphatic carbocycles. The number of hydrogen-bond donors (Lipinski definition) is 0. The van der Waals surface area contributed by atoms with Gasteiger partial charge in [-0.05, 0) is 50.2 Å². The molecule has 18 heavy (non-hydrogen) atoms. The van der Waals surface area contributed by atoms with Gasteiger partial charge in [-0.1, -0.05) is 18.2 Å². The third kappa shape index (κ3) is 1.76. The molecule has 0 fully saturated rings. The van der Waals surface area contributed by atoms with Crippen LogP contribution in [0.25, 0.3) is 17.1 Å². The van der Waals surface area contributed by atoms with Gasteiger partial charge in [0.25, 0.3) is 0 Å². The van der Waals surface area contributed by atoms with E-state index in [0.717, 1.165) is 22.9 Å². The lowest BCUT2D eigenvalue weighted by molar-refractivity contribution is 0.545. The molecule has 0 spiro atoms. The van der Waals surface area contributed by atoms with Crippen LogP contribution in [0.4, 0.5) is 0 Å². The highest BCUT2D eigenvalue weighted by atomic mass is 16.3. The highest BCUT2D eigenvalue weighted by Gasteiger charge is 2.11. The summed E-state index contributed by atoms with van der Waals surface area (Å²) in [5.74, 6) is 1.84. The van der Waals surface area contributed by atoms with E-state index in [2.05, 4.69) is 35.8 Å². The molecule has 3 aromatic rings. The Kier molecular flexibility index (Phi) is 2.56. The molecule has 0 radical (unpaired) electrons.